The number of ether oxygens (including phenoxy) is 1. The van der Waals surface area contributed by atoms with Gasteiger partial charge in [-0.05, 0) is 31.9 Å². The molecule has 1 amide bonds. The summed E-state index contributed by atoms with van der Waals surface area (Å²) in [5.41, 5.74) is 3.75. The van der Waals surface area contributed by atoms with Crippen LogP contribution in [0.5, 0.6) is 0 Å². The molecule has 0 aliphatic heterocycles. The molecule has 0 saturated heterocycles. The molecule has 0 aromatic heterocycles. The summed E-state index contributed by atoms with van der Waals surface area (Å²) >= 11 is 0. The SMILES string of the molecule is CC(C)(C)OC(=O)[C@H](Cc1ccccc1)NC(=O)[C@H](Cc1ccccc1)N=C(c1ccccc1)c1ccccc1. The van der Waals surface area contributed by atoms with Gasteiger partial charge >= 0.3 is 5.97 Å². The average molecular weight is 533 g/mol. The van der Waals surface area contributed by atoms with Crippen LogP contribution in [-0.4, -0.2) is 35.3 Å². The highest BCUT2D eigenvalue weighted by atomic mass is 16.6. The van der Waals surface area contributed by atoms with Gasteiger partial charge in [-0.3, -0.25) is 9.79 Å². The van der Waals surface area contributed by atoms with Gasteiger partial charge in [0.25, 0.3) is 0 Å². The highest BCUT2D eigenvalue weighted by Crippen LogP contribution is 2.17. The van der Waals surface area contributed by atoms with E-state index >= 15 is 0 Å². The number of amides is 1. The van der Waals surface area contributed by atoms with Crippen LogP contribution in [0.15, 0.2) is 126 Å². The van der Waals surface area contributed by atoms with Crippen molar-refractivity contribution < 1.29 is 14.3 Å². The van der Waals surface area contributed by atoms with E-state index in [-0.39, 0.29) is 5.91 Å². The molecule has 0 spiro atoms. The topological polar surface area (TPSA) is 67.8 Å². The third-order valence-corrected chi connectivity index (χ3v) is 6.24. The second-order valence-electron chi connectivity index (χ2n) is 10.7. The van der Waals surface area contributed by atoms with Crippen LogP contribution in [0.3, 0.4) is 0 Å². The Morgan fingerprint density at radius 2 is 1.10 bits per heavy atom. The quantitative estimate of drug-likeness (QED) is 0.195. The van der Waals surface area contributed by atoms with E-state index in [4.69, 9.17) is 9.73 Å². The molecule has 204 valence electrons. The fraction of sp³-hybridized carbons (Fsp3) is 0.229. The molecule has 0 unspecified atom stereocenters. The molecule has 4 aromatic rings. The lowest BCUT2D eigenvalue weighted by Crippen LogP contribution is -2.49. The van der Waals surface area contributed by atoms with E-state index in [0.717, 1.165) is 22.3 Å². The van der Waals surface area contributed by atoms with Crippen LogP contribution >= 0.6 is 0 Å². The third-order valence-electron chi connectivity index (χ3n) is 6.24. The maximum Gasteiger partial charge on any atom is 0.329 e. The number of carbonyl (C=O) groups is 2. The van der Waals surface area contributed by atoms with E-state index in [2.05, 4.69) is 5.32 Å². The average Bonchev–Trinajstić information content (AvgIpc) is 2.96. The second kappa shape index (κ2) is 13.5. The zero-order valence-electron chi connectivity index (χ0n) is 23.3. The second-order valence-corrected chi connectivity index (χ2v) is 10.7. The number of hydrogen-bond acceptors (Lipinski definition) is 4. The third kappa shape index (κ3) is 8.50. The van der Waals surface area contributed by atoms with E-state index < -0.39 is 23.7 Å². The summed E-state index contributed by atoms with van der Waals surface area (Å²) < 4.78 is 5.70. The summed E-state index contributed by atoms with van der Waals surface area (Å²) in [6, 6.07) is 37.5. The summed E-state index contributed by atoms with van der Waals surface area (Å²) in [4.78, 5) is 32.3. The number of benzene rings is 4. The zero-order valence-corrected chi connectivity index (χ0v) is 23.3. The molecule has 0 aliphatic rings. The molecule has 4 aromatic carbocycles. The number of rotatable bonds is 10. The van der Waals surface area contributed by atoms with Gasteiger partial charge in [-0.2, -0.15) is 0 Å². The molecular weight excluding hydrogens is 496 g/mol. The van der Waals surface area contributed by atoms with Crippen molar-refractivity contribution in [2.45, 2.75) is 51.3 Å². The Hall–Kier alpha value is -4.51. The number of hydrogen-bond donors (Lipinski definition) is 1. The Labute approximate surface area is 236 Å². The van der Waals surface area contributed by atoms with Crippen molar-refractivity contribution in [3.05, 3.63) is 144 Å². The van der Waals surface area contributed by atoms with Crippen LogP contribution in [0.25, 0.3) is 0 Å². The smallest absolute Gasteiger partial charge is 0.329 e. The minimum absolute atomic E-state index is 0.313. The molecule has 0 bridgehead atoms. The fourth-order valence-electron chi connectivity index (χ4n) is 4.38. The lowest BCUT2D eigenvalue weighted by molar-refractivity contribution is -0.158. The van der Waals surface area contributed by atoms with E-state index in [1.54, 1.807) is 0 Å². The van der Waals surface area contributed by atoms with Gasteiger partial charge in [-0.15, -0.1) is 0 Å². The summed E-state index contributed by atoms with van der Waals surface area (Å²) in [6.07, 6.45) is 0.690. The Balaban J connectivity index is 1.71. The molecule has 0 radical (unpaired) electrons. The summed E-state index contributed by atoms with van der Waals surface area (Å²) in [7, 11) is 0. The van der Waals surface area contributed by atoms with E-state index in [9.17, 15) is 9.59 Å². The van der Waals surface area contributed by atoms with Crippen LogP contribution in [0.1, 0.15) is 43.0 Å². The first-order chi connectivity index (χ1) is 19.3. The van der Waals surface area contributed by atoms with E-state index in [0.29, 0.717) is 18.6 Å². The lowest BCUT2D eigenvalue weighted by atomic mass is 10.00. The van der Waals surface area contributed by atoms with Gasteiger partial charge in [0.1, 0.15) is 17.7 Å². The van der Waals surface area contributed by atoms with Gasteiger partial charge in [0, 0.05) is 24.0 Å². The van der Waals surface area contributed by atoms with Gasteiger partial charge < -0.3 is 10.1 Å². The minimum atomic E-state index is -0.862. The van der Waals surface area contributed by atoms with E-state index in [1.807, 2.05) is 142 Å². The van der Waals surface area contributed by atoms with Crippen LogP contribution < -0.4 is 5.32 Å². The van der Waals surface area contributed by atoms with Crippen LogP contribution in [-0.2, 0) is 27.2 Å². The van der Waals surface area contributed by atoms with Crippen LogP contribution in [0.2, 0.25) is 0 Å². The molecule has 40 heavy (non-hydrogen) atoms. The number of nitrogens with one attached hydrogen (secondary N) is 1. The highest BCUT2D eigenvalue weighted by molar-refractivity contribution is 6.13. The van der Waals surface area contributed by atoms with Gasteiger partial charge in [0.05, 0.1) is 5.71 Å². The van der Waals surface area contributed by atoms with Crippen molar-refractivity contribution in [1.29, 1.82) is 0 Å². The van der Waals surface area contributed by atoms with Crippen molar-refractivity contribution >= 4 is 17.6 Å². The minimum Gasteiger partial charge on any atom is -0.458 e. The van der Waals surface area contributed by atoms with Crippen LogP contribution in [0.4, 0.5) is 0 Å². The maximum atomic E-state index is 14.0. The molecule has 0 fully saturated rings. The fourth-order valence-corrected chi connectivity index (χ4v) is 4.38. The van der Waals surface area contributed by atoms with Gasteiger partial charge in [-0.1, -0.05) is 121 Å². The van der Waals surface area contributed by atoms with Crippen molar-refractivity contribution in [2.75, 3.05) is 0 Å². The summed E-state index contributed by atoms with van der Waals surface area (Å²) in [6.45, 7) is 5.46. The Bertz CT molecular complexity index is 1360. The summed E-state index contributed by atoms with van der Waals surface area (Å²) in [5.74, 6) is -0.807. The standard InChI is InChI=1S/C35H36N2O3/c1-35(2,3)40-34(39)31(25-27-18-10-5-11-19-27)37-33(38)30(24-26-16-8-4-9-17-26)36-32(28-20-12-6-13-21-28)29-22-14-7-15-23-29/h4-23,30-31H,24-25H2,1-3H3,(H,37,38)/t30-,31-/m0/s1. The monoisotopic (exact) mass is 532 g/mol. The Kier molecular flexibility index (Phi) is 9.63. The van der Waals surface area contributed by atoms with Crippen molar-refractivity contribution in [3.8, 4) is 0 Å². The molecule has 5 heteroatoms. The predicted octanol–water partition coefficient (Wildman–Crippen LogP) is 6.20. The molecular formula is C35H36N2O3. The number of aliphatic imine (C=N–C) groups is 1. The normalized spacial score (nSPS) is 12.6. The first-order valence-electron chi connectivity index (χ1n) is 13.6. The van der Waals surface area contributed by atoms with E-state index in [1.165, 1.54) is 0 Å². The van der Waals surface area contributed by atoms with Gasteiger partial charge in [0.2, 0.25) is 5.91 Å². The Morgan fingerprint density at radius 3 is 1.55 bits per heavy atom. The molecule has 0 heterocycles. The van der Waals surface area contributed by atoms with Crippen molar-refractivity contribution in [3.63, 3.8) is 0 Å². The first kappa shape index (κ1) is 28.5. The molecule has 1 N–H and O–H groups in total. The largest absolute Gasteiger partial charge is 0.458 e. The summed E-state index contributed by atoms with van der Waals surface area (Å²) in [5, 5.41) is 3.00. The van der Waals surface area contributed by atoms with Gasteiger partial charge in [-0.25, -0.2) is 4.79 Å². The number of esters is 1. The maximum absolute atomic E-state index is 14.0. The van der Waals surface area contributed by atoms with Crippen molar-refractivity contribution in [2.24, 2.45) is 4.99 Å². The molecule has 5 nitrogen and oxygen atoms in total. The zero-order chi connectivity index (χ0) is 28.4. The Morgan fingerprint density at radius 1 is 0.675 bits per heavy atom. The highest BCUT2D eigenvalue weighted by Gasteiger charge is 2.30. The molecule has 4 rings (SSSR count). The predicted molar refractivity (Wildman–Crippen MR) is 160 cm³/mol. The van der Waals surface area contributed by atoms with Crippen LogP contribution in [0, 0.1) is 0 Å². The molecule has 0 aliphatic carbocycles. The molecule has 0 saturated carbocycles. The number of carbonyl (C=O) groups excluding carboxylic acids is 2. The lowest BCUT2D eigenvalue weighted by Gasteiger charge is -2.26. The van der Waals surface area contributed by atoms with Gasteiger partial charge in [0.15, 0.2) is 0 Å². The molecule has 2 atom stereocenters. The van der Waals surface area contributed by atoms with Crippen molar-refractivity contribution in [1.82, 2.24) is 5.32 Å². The first-order valence-corrected chi connectivity index (χ1v) is 13.6. The number of nitrogens with zero attached hydrogens (tertiary/aromatic N) is 1.